The van der Waals surface area contributed by atoms with Gasteiger partial charge in [-0.05, 0) is 39.3 Å². The number of aliphatic hydroxyl groups is 1. The molecule has 1 aromatic carbocycles. The van der Waals surface area contributed by atoms with Crippen molar-refractivity contribution in [1.82, 2.24) is 5.32 Å². The number of benzene rings is 1. The van der Waals surface area contributed by atoms with Gasteiger partial charge in [-0.25, -0.2) is 0 Å². The van der Waals surface area contributed by atoms with Crippen molar-refractivity contribution in [1.29, 1.82) is 0 Å². The van der Waals surface area contributed by atoms with Crippen molar-refractivity contribution in [3.8, 4) is 11.5 Å². The molecule has 2 N–H and O–H groups in total. The molecule has 0 radical (unpaired) electrons. The SMILES string of the molecule is CCC(C)NC(=O)C(C)Oc1cc(OC)ccc1[C@@H](C)O. The van der Waals surface area contributed by atoms with E-state index in [1.165, 1.54) is 0 Å². The fraction of sp³-hybridized carbons (Fsp3) is 0.562. The Morgan fingerprint density at radius 1 is 1.33 bits per heavy atom. The average Bonchev–Trinajstić information content (AvgIpc) is 2.46. The molecule has 0 aliphatic heterocycles. The third-order valence-electron chi connectivity index (χ3n) is 3.34. The molecule has 0 aliphatic rings. The molecule has 0 heterocycles. The van der Waals surface area contributed by atoms with Crippen molar-refractivity contribution in [2.45, 2.75) is 52.4 Å². The predicted octanol–water partition coefficient (Wildman–Crippen LogP) is 2.43. The summed E-state index contributed by atoms with van der Waals surface area (Å²) in [7, 11) is 1.56. The summed E-state index contributed by atoms with van der Waals surface area (Å²) in [4.78, 5) is 12.0. The number of hydrogen-bond acceptors (Lipinski definition) is 4. The minimum atomic E-state index is -0.685. The van der Waals surface area contributed by atoms with Crippen LogP contribution in [0.5, 0.6) is 11.5 Å². The molecule has 0 aromatic heterocycles. The number of ether oxygens (including phenoxy) is 2. The van der Waals surface area contributed by atoms with Gasteiger partial charge in [-0.3, -0.25) is 4.79 Å². The molecule has 5 heteroatoms. The van der Waals surface area contributed by atoms with Gasteiger partial charge in [-0.2, -0.15) is 0 Å². The van der Waals surface area contributed by atoms with Crippen LogP contribution in [-0.4, -0.2) is 30.3 Å². The Labute approximate surface area is 126 Å². The second-order valence-corrected chi connectivity index (χ2v) is 5.16. The third kappa shape index (κ3) is 4.93. The van der Waals surface area contributed by atoms with Gasteiger partial charge in [-0.1, -0.05) is 6.92 Å². The maximum Gasteiger partial charge on any atom is 0.260 e. The second kappa shape index (κ2) is 7.88. The molecule has 3 atom stereocenters. The largest absolute Gasteiger partial charge is 0.497 e. The fourth-order valence-electron chi connectivity index (χ4n) is 1.80. The lowest BCUT2D eigenvalue weighted by atomic mass is 10.1. The van der Waals surface area contributed by atoms with E-state index >= 15 is 0 Å². The minimum absolute atomic E-state index is 0.102. The predicted molar refractivity (Wildman–Crippen MR) is 81.6 cm³/mol. The van der Waals surface area contributed by atoms with Crippen LogP contribution in [0.15, 0.2) is 18.2 Å². The molecular formula is C16H25NO4. The number of nitrogens with one attached hydrogen (secondary N) is 1. The number of hydrogen-bond donors (Lipinski definition) is 2. The van der Waals surface area contributed by atoms with E-state index in [1.807, 2.05) is 13.8 Å². The van der Waals surface area contributed by atoms with Crippen LogP contribution in [0.3, 0.4) is 0 Å². The Morgan fingerprint density at radius 3 is 2.52 bits per heavy atom. The van der Waals surface area contributed by atoms with E-state index in [-0.39, 0.29) is 11.9 Å². The molecule has 0 saturated heterocycles. The Hall–Kier alpha value is -1.75. The van der Waals surface area contributed by atoms with Crippen LogP contribution >= 0.6 is 0 Å². The topological polar surface area (TPSA) is 67.8 Å². The van der Waals surface area contributed by atoms with E-state index in [4.69, 9.17) is 9.47 Å². The Kier molecular flexibility index (Phi) is 6.49. The first-order valence-corrected chi connectivity index (χ1v) is 7.22. The molecule has 1 amide bonds. The molecule has 1 aromatic rings. The molecular weight excluding hydrogens is 270 g/mol. The normalized spacial score (nSPS) is 15.0. The highest BCUT2D eigenvalue weighted by Crippen LogP contribution is 2.30. The highest BCUT2D eigenvalue weighted by Gasteiger charge is 2.19. The monoisotopic (exact) mass is 295 g/mol. The molecule has 1 rings (SSSR count). The molecule has 0 spiro atoms. The first-order chi connectivity index (χ1) is 9.88. The van der Waals surface area contributed by atoms with Gasteiger partial charge in [0.15, 0.2) is 6.10 Å². The van der Waals surface area contributed by atoms with E-state index in [9.17, 15) is 9.90 Å². The van der Waals surface area contributed by atoms with Crippen LogP contribution in [0.2, 0.25) is 0 Å². The van der Waals surface area contributed by atoms with Crippen molar-refractivity contribution in [3.63, 3.8) is 0 Å². The lowest BCUT2D eigenvalue weighted by Crippen LogP contribution is -2.41. The Morgan fingerprint density at radius 2 is 2.00 bits per heavy atom. The molecule has 118 valence electrons. The van der Waals surface area contributed by atoms with Gasteiger partial charge in [0.05, 0.1) is 13.2 Å². The van der Waals surface area contributed by atoms with E-state index in [2.05, 4.69) is 5.32 Å². The summed E-state index contributed by atoms with van der Waals surface area (Å²) < 4.78 is 10.9. The smallest absolute Gasteiger partial charge is 0.260 e. The maximum absolute atomic E-state index is 12.0. The second-order valence-electron chi connectivity index (χ2n) is 5.16. The van der Waals surface area contributed by atoms with Crippen LogP contribution in [0.4, 0.5) is 0 Å². The Bertz CT molecular complexity index is 473. The van der Waals surface area contributed by atoms with Crippen molar-refractivity contribution in [2.75, 3.05) is 7.11 Å². The van der Waals surface area contributed by atoms with E-state index in [0.29, 0.717) is 17.1 Å². The summed E-state index contributed by atoms with van der Waals surface area (Å²) >= 11 is 0. The van der Waals surface area contributed by atoms with E-state index < -0.39 is 12.2 Å². The number of amides is 1. The number of carbonyl (C=O) groups excluding carboxylic acids is 1. The molecule has 0 aliphatic carbocycles. The average molecular weight is 295 g/mol. The molecule has 5 nitrogen and oxygen atoms in total. The van der Waals surface area contributed by atoms with Crippen LogP contribution in [-0.2, 0) is 4.79 Å². The van der Waals surface area contributed by atoms with Gasteiger partial charge in [0.2, 0.25) is 0 Å². The van der Waals surface area contributed by atoms with E-state index in [1.54, 1.807) is 39.2 Å². The van der Waals surface area contributed by atoms with Crippen LogP contribution in [0.1, 0.15) is 45.8 Å². The van der Waals surface area contributed by atoms with Crippen molar-refractivity contribution < 1.29 is 19.4 Å². The summed E-state index contributed by atoms with van der Waals surface area (Å²) in [5.74, 6) is 0.892. The highest BCUT2D eigenvalue weighted by atomic mass is 16.5. The van der Waals surface area contributed by atoms with Crippen molar-refractivity contribution in [2.24, 2.45) is 0 Å². The standard InChI is InChI=1S/C16H25NO4/c1-6-10(2)17-16(19)12(4)21-15-9-13(20-5)7-8-14(15)11(3)18/h7-12,18H,6H2,1-5H3,(H,17,19)/t10?,11-,12?/m1/s1. The van der Waals surface area contributed by atoms with Gasteiger partial charge < -0.3 is 19.9 Å². The van der Waals surface area contributed by atoms with Gasteiger partial charge in [0.1, 0.15) is 11.5 Å². The molecule has 21 heavy (non-hydrogen) atoms. The lowest BCUT2D eigenvalue weighted by Gasteiger charge is -2.20. The quantitative estimate of drug-likeness (QED) is 0.810. The zero-order chi connectivity index (χ0) is 16.0. The third-order valence-corrected chi connectivity index (χ3v) is 3.34. The number of aliphatic hydroxyl groups excluding tert-OH is 1. The van der Waals surface area contributed by atoms with Crippen LogP contribution in [0.25, 0.3) is 0 Å². The van der Waals surface area contributed by atoms with Crippen LogP contribution in [0, 0.1) is 0 Å². The van der Waals surface area contributed by atoms with Gasteiger partial charge in [0, 0.05) is 17.7 Å². The molecule has 0 fully saturated rings. The minimum Gasteiger partial charge on any atom is -0.497 e. The number of carbonyl (C=O) groups is 1. The first kappa shape index (κ1) is 17.3. The lowest BCUT2D eigenvalue weighted by molar-refractivity contribution is -0.127. The molecule has 0 bridgehead atoms. The summed E-state index contributed by atoms with van der Waals surface area (Å²) in [6, 6.07) is 5.26. The maximum atomic E-state index is 12.0. The zero-order valence-electron chi connectivity index (χ0n) is 13.3. The van der Waals surface area contributed by atoms with Crippen molar-refractivity contribution in [3.05, 3.63) is 23.8 Å². The highest BCUT2D eigenvalue weighted by molar-refractivity contribution is 5.81. The first-order valence-electron chi connectivity index (χ1n) is 7.22. The summed E-state index contributed by atoms with van der Waals surface area (Å²) in [6.07, 6.45) is -0.476. The summed E-state index contributed by atoms with van der Waals surface area (Å²) in [5, 5.41) is 12.7. The van der Waals surface area contributed by atoms with E-state index in [0.717, 1.165) is 6.42 Å². The Balaban J connectivity index is 2.87. The number of methoxy groups -OCH3 is 1. The van der Waals surface area contributed by atoms with Gasteiger partial charge in [-0.15, -0.1) is 0 Å². The van der Waals surface area contributed by atoms with Crippen molar-refractivity contribution >= 4 is 5.91 Å². The molecule has 0 saturated carbocycles. The summed E-state index contributed by atoms with van der Waals surface area (Å²) in [6.45, 7) is 7.28. The van der Waals surface area contributed by atoms with Crippen LogP contribution < -0.4 is 14.8 Å². The summed E-state index contributed by atoms with van der Waals surface area (Å²) in [5.41, 5.74) is 0.624. The van der Waals surface area contributed by atoms with Gasteiger partial charge in [0.25, 0.3) is 5.91 Å². The fourth-order valence-corrected chi connectivity index (χ4v) is 1.80. The van der Waals surface area contributed by atoms with Gasteiger partial charge >= 0.3 is 0 Å². The zero-order valence-corrected chi connectivity index (χ0v) is 13.3. The number of rotatable bonds is 7. The molecule has 2 unspecified atom stereocenters.